The lowest BCUT2D eigenvalue weighted by atomic mass is 10.2. The van der Waals surface area contributed by atoms with Gasteiger partial charge in [0.15, 0.2) is 11.2 Å². The molecule has 2 heterocycles. The molecule has 0 fully saturated rings. The lowest BCUT2D eigenvalue weighted by molar-refractivity contribution is -0.0756. The third-order valence-corrected chi connectivity index (χ3v) is 3.76. The first kappa shape index (κ1) is 16.0. The number of halogens is 1. The van der Waals surface area contributed by atoms with Gasteiger partial charge in [0.05, 0.1) is 7.11 Å². The highest BCUT2D eigenvalue weighted by Gasteiger charge is 2.15. The maximum Gasteiger partial charge on any atom is 0.303 e. The third kappa shape index (κ3) is 2.84. The third-order valence-electron chi connectivity index (χ3n) is 3.76. The molecule has 0 bridgehead atoms. The van der Waals surface area contributed by atoms with E-state index in [1.165, 1.54) is 32.4 Å². The topological polar surface area (TPSA) is 93.6 Å². The molecule has 4 aromatic rings. The summed E-state index contributed by atoms with van der Waals surface area (Å²) in [5, 5.41) is 3.90. The summed E-state index contributed by atoms with van der Waals surface area (Å²) in [5.74, 6) is -0.717. The van der Waals surface area contributed by atoms with E-state index in [0.29, 0.717) is 27.8 Å². The molecule has 0 aliphatic carbocycles. The molecule has 0 aliphatic heterocycles. The number of hydrogen-bond acceptors (Lipinski definition) is 7. The minimum absolute atomic E-state index is 0.118. The molecule has 0 spiro atoms. The van der Waals surface area contributed by atoms with E-state index >= 15 is 0 Å². The van der Waals surface area contributed by atoms with Gasteiger partial charge in [-0.15, -0.1) is 0 Å². The van der Waals surface area contributed by atoms with Crippen LogP contribution in [0.25, 0.3) is 22.2 Å². The fraction of sp³-hybridized carbons (Fsp3) is 0.118. The van der Waals surface area contributed by atoms with Crippen molar-refractivity contribution in [1.29, 1.82) is 0 Å². The Labute approximate surface area is 146 Å². The number of fused-ring (bicyclic) bond motifs is 2. The van der Waals surface area contributed by atoms with Gasteiger partial charge in [0, 0.05) is 18.7 Å². The van der Waals surface area contributed by atoms with E-state index < -0.39 is 5.82 Å². The second-order valence-electron chi connectivity index (χ2n) is 5.44. The molecule has 0 saturated carbocycles. The van der Waals surface area contributed by atoms with Crippen LogP contribution in [0, 0.1) is 5.82 Å². The average molecular weight is 356 g/mol. The van der Waals surface area contributed by atoms with Crippen LogP contribution < -0.4 is 5.32 Å². The molecule has 0 aliphatic rings. The lowest BCUT2D eigenvalue weighted by Gasteiger charge is -2.12. The number of anilines is 2. The molecule has 2 aromatic carbocycles. The number of hydroxylamine groups is 2. The van der Waals surface area contributed by atoms with Crippen LogP contribution in [-0.2, 0) is 4.84 Å². The van der Waals surface area contributed by atoms with Crippen molar-refractivity contribution in [2.24, 2.45) is 0 Å². The number of benzene rings is 2. The van der Waals surface area contributed by atoms with Gasteiger partial charge in [-0.3, -0.25) is 14.9 Å². The predicted molar refractivity (Wildman–Crippen MR) is 90.4 cm³/mol. The normalized spacial score (nSPS) is 11.2. The molecule has 0 unspecified atom stereocenters. The summed E-state index contributed by atoms with van der Waals surface area (Å²) in [6, 6.07) is 9.11. The Hall–Kier alpha value is -3.46. The van der Waals surface area contributed by atoms with E-state index in [2.05, 4.69) is 15.3 Å². The highest BCUT2D eigenvalue weighted by molar-refractivity contribution is 5.96. The average Bonchev–Trinajstić information content (AvgIpc) is 3.21. The van der Waals surface area contributed by atoms with Gasteiger partial charge >= 0.3 is 12.0 Å². The van der Waals surface area contributed by atoms with Gasteiger partial charge in [0.25, 0.3) is 5.91 Å². The first-order valence-electron chi connectivity index (χ1n) is 7.59. The number of carbonyl (C=O) groups excluding carboxylic acids is 1. The van der Waals surface area contributed by atoms with E-state index in [1.54, 1.807) is 18.2 Å². The Morgan fingerprint density at radius 2 is 1.69 bits per heavy atom. The fourth-order valence-corrected chi connectivity index (χ4v) is 2.42. The molecule has 2 aromatic heterocycles. The summed E-state index contributed by atoms with van der Waals surface area (Å²) >= 11 is 0. The number of rotatable bonds is 4. The van der Waals surface area contributed by atoms with Crippen molar-refractivity contribution in [3.8, 4) is 0 Å². The smallest absolute Gasteiger partial charge is 0.303 e. The van der Waals surface area contributed by atoms with Crippen LogP contribution in [0.4, 0.5) is 16.4 Å². The van der Waals surface area contributed by atoms with Gasteiger partial charge in [-0.1, -0.05) is 0 Å². The lowest BCUT2D eigenvalue weighted by Crippen LogP contribution is -2.25. The van der Waals surface area contributed by atoms with Crippen LogP contribution >= 0.6 is 0 Å². The standard InChI is InChI=1S/C17H13FN4O4/c1-22(24-2)15(23)9-3-5-13-11(7-9)19-16(25-13)21-17-20-12-8-10(18)4-6-14(12)26-17/h3-8H,1-2H3,(H,19,20,21). The van der Waals surface area contributed by atoms with Gasteiger partial charge in [-0.05, 0) is 30.3 Å². The van der Waals surface area contributed by atoms with Crippen molar-refractivity contribution in [1.82, 2.24) is 15.0 Å². The Morgan fingerprint density at radius 3 is 2.35 bits per heavy atom. The number of nitrogens with one attached hydrogen (secondary N) is 1. The van der Waals surface area contributed by atoms with Gasteiger partial charge in [0.1, 0.15) is 16.9 Å². The molecule has 1 N–H and O–H groups in total. The maximum absolute atomic E-state index is 13.2. The molecular formula is C17H13FN4O4. The summed E-state index contributed by atoms with van der Waals surface area (Å²) in [5.41, 5.74) is 2.16. The molecule has 0 atom stereocenters. The number of amides is 1. The molecule has 1 amide bonds. The van der Waals surface area contributed by atoms with Gasteiger partial charge in [-0.25, -0.2) is 9.45 Å². The van der Waals surface area contributed by atoms with E-state index in [4.69, 9.17) is 13.7 Å². The van der Waals surface area contributed by atoms with E-state index in [0.717, 1.165) is 5.06 Å². The van der Waals surface area contributed by atoms with Gasteiger partial charge in [-0.2, -0.15) is 9.97 Å². The number of hydrogen-bond donors (Lipinski definition) is 1. The minimum atomic E-state index is -0.405. The zero-order valence-electron chi connectivity index (χ0n) is 13.8. The summed E-state index contributed by atoms with van der Waals surface area (Å²) in [4.78, 5) is 25.4. The largest absolute Gasteiger partial charge is 0.423 e. The maximum atomic E-state index is 13.2. The second kappa shape index (κ2) is 6.12. The minimum Gasteiger partial charge on any atom is -0.423 e. The highest BCUT2D eigenvalue weighted by Crippen LogP contribution is 2.25. The van der Waals surface area contributed by atoms with E-state index in [-0.39, 0.29) is 17.9 Å². The summed E-state index contributed by atoms with van der Waals surface area (Å²) < 4.78 is 24.3. The Balaban J connectivity index is 1.63. The molecule has 26 heavy (non-hydrogen) atoms. The van der Waals surface area contributed by atoms with E-state index in [9.17, 15) is 9.18 Å². The van der Waals surface area contributed by atoms with Crippen LogP contribution in [0.15, 0.2) is 45.2 Å². The summed E-state index contributed by atoms with van der Waals surface area (Å²) in [6.45, 7) is 0. The zero-order chi connectivity index (χ0) is 18.3. The highest BCUT2D eigenvalue weighted by atomic mass is 19.1. The number of nitrogens with zero attached hydrogens (tertiary/aromatic N) is 3. The molecular weight excluding hydrogens is 343 g/mol. The van der Waals surface area contributed by atoms with Crippen LogP contribution in [0.2, 0.25) is 0 Å². The Morgan fingerprint density at radius 1 is 1.08 bits per heavy atom. The van der Waals surface area contributed by atoms with Crippen LogP contribution in [0.5, 0.6) is 0 Å². The molecule has 9 heteroatoms. The Bertz CT molecular complexity index is 1120. The van der Waals surface area contributed by atoms with Gasteiger partial charge < -0.3 is 8.83 Å². The summed E-state index contributed by atoms with van der Waals surface area (Å²) in [6.07, 6.45) is 0. The van der Waals surface area contributed by atoms with Crippen molar-refractivity contribution in [3.05, 3.63) is 47.8 Å². The molecule has 132 valence electrons. The fourth-order valence-electron chi connectivity index (χ4n) is 2.42. The zero-order valence-corrected chi connectivity index (χ0v) is 13.8. The predicted octanol–water partition coefficient (Wildman–Crippen LogP) is 3.49. The van der Waals surface area contributed by atoms with E-state index in [1.807, 2.05) is 0 Å². The molecule has 0 saturated heterocycles. The monoisotopic (exact) mass is 356 g/mol. The van der Waals surface area contributed by atoms with Crippen molar-refractivity contribution in [2.45, 2.75) is 0 Å². The second-order valence-corrected chi connectivity index (χ2v) is 5.44. The van der Waals surface area contributed by atoms with Crippen LogP contribution in [0.3, 0.4) is 0 Å². The number of aromatic nitrogens is 2. The van der Waals surface area contributed by atoms with Gasteiger partial charge in [0.2, 0.25) is 0 Å². The molecule has 0 radical (unpaired) electrons. The molecule has 8 nitrogen and oxygen atoms in total. The quantitative estimate of drug-likeness (QED) is 0.559. The van der Waals surface area contributed by atoms with Crippen molar-refractivity contribution in [3.63, 3.8) is 0 Å². The Kier molecular flexibility index (Phi) is 3.77. The number of carbonyl (C=O) groups is 1. The number of oxazole rings is 2. The van der Waals surface area contributed by atoms with Crippen LogP contribution in [0.1, 0.15) is 10.4 Å². The van der Waals surface area contributed by atoms with Crippen molar-refractivity contribution in [2.75, 3.05) is 19.5 Å². The SMILES string of the molecule is CON(C)C(=O)c1ccc2oc(Nc3nc4cc(F)ccc4o3)nc2c1. The van der Waals surface area contributed by atoms with Crippen LogP contribution in [-0.4, -0.2) is 35.1 Å². The van der Waals surface area contributed by atoms with Crippen molar-refractivity contribution >= 4 is 40.1 Å². The summed E-state index contributed by atoms with van der Waals surface area (Å²) in [7, 11) is 2.92. The molecule has 4 rings (SSSR count). The first-order valence-corrected chi connectivity index (χ1v) is 7.59. The van der Waals surface area contributed by atoms with Crippen molar-refractivity contribution < 1.29 is 22.9 Å². The first-order chi connectivity index (χ1) is 12.5.